The number of likely N-dealkylation sites (tertiary alicyclic amines) is 1. The predicted molar refractivity (Wildman–Crippen MR) is 159 cm³/mol. The summed E-state index contributed by atoms with van der Waals surface area (Å²) in [5.74, 6) is -1.52. The third kappa shape index (κ3) is 4.76. The first-order valence-corrected chi connectivity index (χ1v) is 15.3. The summed E-state index contributed by atoms with van der Waals surface area (Å²) in [6.07, 6.45) is 5.97. The van der Waals surface area contributed by atoms with Gasteiger partial charge in [-0.25, -0.2) is 4.68 Å². The Hall–Kier alpha value is -3.18. The van der Waals surface area contributed by atoms with E-state index in [4.69, 9.17) is 0 Å². The van der Waals surface area contributed by atoms with Crippen molar-refractivity contribution in [2.75, 3.05) is 32.8 Å². The summed E-state index contributed by atoms with van der Waals surface area (Å²) in [6.45, 7) is 13.4. The molecule has 10 nitrogen and oxygen atoms in total. The highest BCUT2D eigenvalue weighted by molar-refractivity contribution is 8.02. The Labute approximate surface area is 245 Å². The third-order valence-corrected chi connectivity index (χ3v) is 10.9. The van der Waals surface area contributed by atoms with E-state index in [1.807, 2.05) is 31.2 Å². The molecule has 5 rings (SSSR count). The summed E-state index contributed by atoms with van der Waals surface area (Å²) < 4.78 is 0.512. The van der Waals surface area contributed by atoms with Crippen molar-refractivity contribution >= 4 is 40.5 Å². The van der Waals surface area contributed by atoms with Crippen LogP contribution in [0.1, 0.15) is 39.5 Å². The number of amides is 3. The first kappa shape index (κ1) is 29.3. The maximum atomic E-state index is 14.6. The van der Waals surface area contributed by atoms with Crippen molar-refractivity contribution in [3.8, 4) is 0 Å². The Kier molecular flexibility index (Phi) is 8.29. The SMILES string of the molecule is C=CCN(Cn1nnc2ccccc21)C(=O)C1N(CCCO)C(=O)[C@@H]2[C@H](C(=O)N(CC=C)CCC)[C@]3(C)CCC12S3. The highest BCUT2D eigenvalue weighted by Crippen LogP contribution is 2.71. The van der Waals surface area contributed by atoms with Crippen molar-refractivity contribution in [3.63, 3.8) is 0 Å². The Morgan fingerprint density at radius 3 is 2.61 bits per heavy atom. The van der Waals surface area contributed by atoms with Gasteiger partial charge in [0.2, 0.25) is 17.7 Å². The summed E-state index contributed by atoms with van der Waals surface area (Å²) >= 11 is 1.66. The normalized spacial score (nSPS) is 28.2. The van der Waals surface area contributed by atoms with Crippen molar-refractivity contribution in [2.24, 2.45) is 11.8 Å². The number of hydrogen-bond acceptors (Lipinski definition) is 7. The zero-order valence-electron chi connectivity index (χ0n) is 23.9. The van der Waals surface area contributed by atoms with Crippen molar-refractivity contribution in [3.05, 3.63) is 49.6 Å². The summed E-state index contributed by atoms with van der Waals surface area (Å²) in [7, 11) is 0. The molecule has 0 aliphatic carbocycles. The van der Waals surface area contributed by atoms with Crippen LogP contribution in [-0.4, -0.2) is 101 Å². The van der Waals surface area contributed by atoms with E-state index in [1.54, 1.807) is 43.3 Å². The van der Waals surface area contributed by atoms with Gasteiger partial charge in [0, 0.05) is 37.5 Å². The molecular formula is C30H40N6O4S. The van der Waals surface area contributed by atoms with Crippen LogP contribution >= 0.6 is 11.8 Å². The van der Waals surface area contributed by atoms with E-state index in [9.17, 15) is 19.5 Å². The van der Waals surface area contributed by atoms with Crippen molar-refractivity contribution < 1.29 is 19.5 Å². The third-order valence-electron chi connectivity index (χ3n) is 8.87. The summed E-state index contributed by atoms with van der Waals surface area (Å²) in [5.41, 5.74) is 1.53. The Morgan fingerprint density at radius 2 is 1.90 bits per heavy atom. The molecule has 0 radical (unpaired) electrons. The van der Waals surface area contributed by atoms with Crippen LogP contribution in [0, 0.1) is 11.8 Å². The molecule has 3 aliphatic rings. The van der Waals surface area contributed by atoms with Gasteiger partial charge in [-0.15, -0.1) is 30.0 Å². The number of aliphatic hydroxyl groups excluding tert-OH is 1. The van der Waals surface area contributed by atoms with Crippen LogP contribution in [-0.2, 0) is 21.1 Å². The smallest absolute Gasteiger partial charge is 0.248 e. The summed E-state index contributed by atoms with van der Waals surface area (Å²) in [5, 5.41) is 18.2. The number of thioether (sulfide) groups is 1. The van der Waals surface area contributed by atoms with Crippen molar-refractivity contribution in [1.82, 2.24) is 29.7 Å². The van der Waals surface area contributed by atoms with Gasteiger partial charge in [0.1, 0.15) is 18.2 Å². The van der Waals surface area contributed by atoms with E-state index in [1.165, 1.54) is 0 Å². The average molecular weight is 581 g/mol. The van der Waals surface area contributed by atoms with Crippen LogP contribution in [0.5, 0.6) is 0 Å². The van der Waals surface area contributed by atoms with Gasteiger partial charge in [0.05, 0.1) is 22.1 Å². The summed E-state index contributed by atoms with van der Waals surface area (Å²) in [6, 6.07) is 6.81. The largest absolute Gasteiger partial charge is 0.396 e. The number of hydrogen-bond donors (Lipinski definition) is 1. The fourth-order valence-corrected chi connectivity index (χ4v) is 9.55. The predicted octanol–water partition coefficient (Wildman–Crippen LogP) is 2.69. The molecule has 1 spiro atoms. The molecule has 2 aromatic rings. The standard InChI is InChI=1S/C30H40N6O4S/c1-5-15-33(16-6-2)26(38)23-24-27(39)35(18-10-19-37)25(30(24)14-13-29(23,4)41-30)28(40)34(17-7-3)20-36-22-12-9-8-11-21(22)31-32-36/h5,7-9,11-12,23-25,37H,1,3,6,10,13-20H2,2,4H3/t23-,24+,25?,29+,30?/m1/s1. The maximum absolute atomic E-state index is 14.6. The second-order valence-electron chi connectivity index (χ2n) is 11.5. The lowest BCUT2D eigenvalue weighted by Crippen LogP contribution is -2.55. The van der Waals surface area contributed by atoms with E-state index >= 15 is 0 Å². The van der Waals surface area contributed by atoms with E-state index in [2.05, 4.69) is 30.4 Å². The molecule has 220 valence electrons. The van der Waals surface area contributed by atoms with Gasteiger partial charge in [-0.05, 0) is 44.7 Å². The van der Waals surface area contributed by atoms with Crippen molar-refractivity contribution in [1.29, 1.82) is 0 Å². The van der Waals surface area contributed by atoms with E-state index in [0.717, 1.165) is 23.9 Å². The van der Waals surface area contributed by atoms with E-state index in [-0.39, 0.29) is 44.1 Å². The molecular weight excluding hydrogens is 540 g/mol. The fraction of sp³-hybridized carbons (Fsp3) is 0.567. The molecule has 11 heteroatoms. The number of fused-ring (bicyclic) bond motifs is 2. The van der Waals surface area contributed by atoms with Crippen LogP contribution in [0.2, 0.25) is 0 Å². The Balaban J connectivity index is 1.53. The molecule has 3 aliphatic heterocycles. The van der Waals surface area contributed by atoms with Crippen LogP contribution in [0.3, 0.4) is 0 Å². The van der Waals surface area contributed by atoms with Crippen LogP contribution in [0.4, 0.5) is 0 Å². The average Bonchev–Trinajstić information content (AvgIpc) is 3.66. The molecule has 2 unspecified atom stereocenters. The molecule has 41 heavy (non-hydrogen) atoms. The number of benzene rings is 1. The number of aliphatic hydroxyl groups is 1. The topological polar surface area (TPSA) is 112 Å². The first-order chi connectivity index (χ1) is 19.8. The summed E-state index contributed by atoms with van der Waals surface area (Å²) in [4.78, 5) is 48.1. The minimum Gasteiger partial charge on any atom is -0.396 e. The zero-order valence-corrected chi connectivity index (χ0v) is 24.8. The minimum absolute atomic E-state index is 0.0334. The van der Waals surface area contributed by atoms with Gasteiger partial charge in [-0.2, -0.15) is 0 Å². The van der Waals surface area contributed by atoms with Gasteiger partial charge in [-0.3, -0.25) is 14.4 Å². The number of rotatable bonds is 13. The Morgan fingerprint density at radius 1 is 1.17 bits per heavy atom. The lowest BCUT2D eigenvalue weighted by molar-refractivity contribution is -0.146. The number of aromatic nitrogens is 3. The number of carbonyl (C=O) groups is 3. The van der Waals surface area contributed by atoms with Crippen LogP contribution in [0.15, 0.2) is 49.6 Å². The van der Waals surface area contributed by atoms with E-state index in [0.29, 0.717) is 25.9 Å². The minimum atomic E-state index is -0.759. The maximum Gasteiger partial charge on any atom is 0.248 e. The number of para-hydroxylation sites is 1. The molecule has 3 fully saturated rings. The molecule has 1 N–H and O–H groups in total. The monoisotopic (exact) mass is 580 g/mol. The molecule has 4 heterocycles. The van der Waals surface area contributed by atoms with Crippen LogP contribution < -0.4 is 0 Å². The molecule has 2 bridgehead atoms. The zero-order chi connectivity index (χ0) is 29.4. The molecule has 3 saturated heterocycles. The lowest BCUT2D eigenvalue weighted by Gasteiger charge is -2.38. The lowest BCUT2D eigenvalue weighted by atomic mass is 9.66. The van der Waals surface area contributed by atoms with E-state index < -0.39 is 27.4 Å². The van der Waals surface area contributed by atoms with Gasteiger partial charge in [-0.1, -0.05) is 36.4 Å². The molecule has 5 atom stereocenters. The molecule has 3 amide bonds. The van der Waals surface area contributed by atoms with Gasteiger partial charge in [0.25, 0.3) is 0 Å². The quantitative estimate of drug-likeness (QED) is 0.363. The van der Waals surface area contributed by atoms with Gasteiger partial charge < -0.3 is 19.8 Å². The van der Waals surface area contributed by atoms with Gasteiger partial charge >= 0.3 is 0 Å². The number of carbonyl (C=O) groups excluding carboxylic acids is 3. The molecule has 1 aromatic heterocycles. The second kappa shape index (κ2) is 11.6. The highest BCUT2D eigenvalue weighted by Gasteiger charge is 2.77. The number of nitrogens with zero attached hydrogens (tertiary/aromatic N) is 6. The fourth-order valence-electron chi connectivity index (χ4n) is 7.21. The van der Waals surface area contributed by atoms with Crippen molar-refractivity contribution in [2.45, 2.75) is 61.7 Å². The first-order valence-electron chi connectivity index (χ1n) is 14.5. The Bertz CT molecular complexity index is 1350. The second-order valence-corrected chi connectivity index (χ2v) is 13.4. The molecule has 1 aromatic carbocycles. The highest BCUT2D eigenvalue weighted by atomic mass is 32.2. The van der Waals surface area contributed by atoms with Crippen LogP contribution in [0.25, 0.3) is 11.0 Å². The van der Waals surface area contributed by atoms with Gasteiger partial charge in [0.15, 0.2) is 0 Å². The molecule has 0 saturated carbocycles.